The molecular weight excluding hydrogens is 596 g/mol. The highest BCUT2D eigenvalue weighted by Gasteiger charge is 2.28. The summed E-state index contributed by atoms with van der Waals surface area (Å²) in [5.41, 5.74) is 11.8. The molecule has 0 radical (unpaired) electrons. The summed E-state index contributed by atoms with van der Waals surface area (Å²) < 4.78 is 5.33. The molecule has 0 aliphatic carbocycles. The van der Waals surface area contributed by atoms with Crippen LogP contribution in [0.3, 0.4) is 0 Å². The summed E-state index contributed by atoms with van der Waals surface area (Å²) >= 11 is 0. The molecule has 0 spiro atoms. The van der Waals surface area contributed by atoms with Gasteiger partial charge in [-0.15, -0.1) is 0 Å². The van der Waals surface area contributed by atoms with E-state index in [9.17, 15) is 28.8 Å². The molecule has 0 saturated carbocycles. The summed E-state index contributed by atoms with van der Waals surface area (Å²) in [6.07, 6.45) is 2.56. The molecule has 1 aromatic rings. The fourth-order valence-corrected chi connectivity index (χ4v) is 4.15. The zero-order valence-electron chi connectivity index (χ0n) is 27.7. The van der Waals surface area contributed by atoms with Crippen molar-refractivity contribution in [3.05, 3.63) is 29.8 Å². The van der Waals surface area contributed by atoms with Gasteiger partial charge in [0.25, 0.3) is 0 Å². The molecule has 1 aromatic carbocycles. The monoisotopic (exact) mass is 648 g/mol. The summed E-state index contributed by atoms with van der Waals surface area (Å²) in [6, 6.07) is 4.14. The van der Waals surface area contributed by atoms with E-state index in [1.165, 1.54) is 16.7 Å². The van der Waals surface area contributed by atoms with Gasteiger partial charge in [-0.05, 0) is 55.8 Å². The number of rotatable bonds is 20. The molecule has 0 heterocycles. The quantitative estimate of drug-likeness (QED) is 0.113. The molecule has 2 unspecified atom stereocenters. The maximum Gasteiger partial charge on any atom is 0.409 e. The van der Waals surface area contributed by atoms with Crippen molar-refractivity contribution in [2.24, 2.45) is 17.4 Å². The number of nitrogens with two attached hydrogens (primary N) is 2. The number of likely N-dealkylation sites (N-methyl/N-ethyl adjacent to an activating group) is 2. The minimum Gasteiger partial charge on any atom is -0.445 e. The van der Waals surface area contributed by atoms with Gasteiger partial charge in [0.15, 0.2) is 0 Å². The number of hydrogen-bond donors (Lipinski definition) is 6. The zero-order chi connectivity index (χ0) is 34.6. The van der Waals surface area contributed by atoms with Gasteiger partial charge >= 0.3 is 12.1 Å². The normalized spacial score (nSPS) is 12.0. The van der Waals surface area contributed by atoms with E-state index in [0.29, 0.717) is 43.7 Å². The lowest BCUT2D eigenvalue weighted by molar-refractivity contribution is -0.132. The van der Waals surface area contributed by atoms with Crippen LogP contribution in [0.5, 0.6) is 0 Å². The summed E-state index contributed by atoms with van der Waals surface area (Å²) in [6.45, 7) is 6.50. The van der Waals surface area contributed by atoms with Crippen molar-refractivity contribution in [2.75, 3.05) is 45.6 Å². The van der Waals surface area contributed by atoms with Crippen LogP contribution >= 0.6 is 0 Å². The standard InChI is InChI=1S/C31H52N8O7/c1-21(2)27(37-26(41)11-7-6-8-16-32)29(43)36-25(10-9-17-34-30(33)44)28(42)35-24-14-12-23(13-15-24)20-46-31(45)39(5)19-18-38(4)22(3)40/h12-15,21,25,27H,6-11,16-20,32H2,1-5H3,(H,35,42)(H,36,43)(H,37,41)(H3,33,34,44). The molecular formula is C31H52N8O7. The highest BCUT2D eigenvalue weighted by molar-refractivity contribution is 5.98. The lowest BCUT2D eigenvalue weighted by atomic mass is 10.0. The second-order valence-electron chi connectivity index (χ2n) is 11.5. The van der Waals surface area contributed by atoms with Gasteiger partial charge < -0.3 is 47.3 Å². The molecule has 0 aromatic heterocycles. The maximum absolute atomic E-state index is 13.3. The molecule has 7 amide bonds. The van der Waals surface area contributed by atoms with Gasteiger partial charge in [-0.25, -0.2) is 9.59 Å². The van der Waals surface area contributed by atoms with E-state index in [4.69, 9.17) is 16.2 Å². The van der Waals surface area contributed by atoms with Crippen molar-refractivity contribution in [1.82, 2.24) is 25.8 Å². The Labute approximate surface area is 271 Å². The first-order valence-electron chi connectivity index (χ1n) is 15.6. The Bertz CT molecular complexity index is 1150. The fourth-order valence-electron chi connectivity index (χ4n) is 4.15. The second kappa shape index (κ2) is 21.4. The third-order valence-corrected chi connectivity index (χ3v) is 7.18. The van der Waals surface area contributed by atoms with Crippen molar-refractivity contribution in [2.45, 2.75) is 78.0 Å². The lowest BCUT2D eigenvalue weighted by Crippen LogP contribution is -2.54. The number of nitrogens with zero attached hydrogens (tertiary/aromatic N) is 2. The van der Waals surface area contributed by atoms with E-state index in [2.05, 4.69) is 21.3 Å². The third kappa shape index (κ3) is 16.1. The molecule has 15 nitrogen and oxygen atoms in total. The average molecular weight is 649 g/mol. The maximum atomic E-state index is 13.3. The number of carbonyl (C=O) groups excluding carboxylic acids is 6. The summed E-state index contributed by atoms with van der Waals surface area (Å²) in [4.78, 5) is 76.6. The Morgan fingerprint density at radius 1 is 0.870 bits per heavy atom. The van der Waals surface area contributed by atoms with Crippen molar-refractivity contribution in [1.29, 1.82) is 0 Å². The van der Waals surface area contributed by atoms with E-state index >= 15 is 0 Å². The molecule has 0 fully saturated rings. The highest BCUT2D eigenvalue weighted by Crippen LogP contribution is 2.13. The van der Waals surface area contributed by atoms with Crippen molar-refractivity contribution in [3.8, 4) is 0 Å². The Morgan fingerprint density at radius 3 is 2.11 bits per heavy atom. The minimum absolute atomic E-state index is 0.000816. The molecule has 258 valence electrons. The van der Waals surface area contributed by atoms with Crippen LogP contribution < -0.4 is 32.7 Å². The largest absolute Gasteiger partial charge is 0.445 e. The molecule has 2 atom stereocenters. The first-order chi connectivity index (χ1) is 21.7. The lowest BCUT2D eigenvalue weighted by Gasteiger charge is -2.25. The number of urea groups is 1. The van der Waals surface area contributed by atoms with E-state index in [1.54, 1.807) is 52.2 Å². The number of benzene rings is 1. The molecule has 0 bridgehead atoms. The Hall–Kier alpha value is -4.40. The summed E-state index contributed by atoms with van der Waals surface area (Å²) in [5, 5.41) is 10.8. The van der Waals surface area contributed by atoms with E-state index in [1.807, 2.05) is 0 Å². The molecule has 8 N–H and O–H groups in total. The van der Waals surface area contributed by atoms with Crippen molar-refractivity contribution < 1.29 is 33.5 Å². The SMILES string of the molecule is CC(=O)N(C)CCN(C)C(=O)OCc1ccc(NC(=O)C(CCCNC(N)=O)NC(=O)C(NC(=O)CCCCCN)C(C)C)cc1. The number of hydrogen-bond acceptors (Lipinski definition) is 8. The minimum atomic E-state index is -0.969. The van der Waals surface area contributed by atoms with Crippen LogP contribution in [0.1, 0.15) is 64.9 Å². The van der Waals surface area contributed by atoms with Crippen LogP contribution in [0.25, 0.3) is 0 Å². The van der Waals surface area contributed by atoms with Crippen LogP contribution in [0.2, 0.25) is 0 Å². The smallest absolute Gasteiger partial charge is 0.409 e. The summed E-state index contributed by atoms with van der Waals surface area (Å²) in [7, 11) is 3.23. The van der Waals surface area contributed by atoms with E-state index in [0.717, 1.165) is 12.8 Å². The summed E-state index contributed by atoms with van der Waals surface area (Å²) in [5.74, 6) is -1.58. The van der Waals surface area contributed by atoms with Gasteiger partial charge in [0.2, 0.25) is 23.6 Å². The van der Waals surface area contributed by atoms with Crippen molar-refractivity contribution >= 4 is 41.4 Å². The predicted octanol–water partition coefficient (Wildman–Crippen LogP) is 1.27. The van der Waals surface area contributed by atoms with Crippen molar-refractivity contribution in [3.63, 3.8) is 0 Å². The number of nitrogens with one attached hydrogen (secondary N) is 4. The van der Waals surface area contributed by atoms with Gasteiger partial charge in [0.1, 0.15) is 18.7 Å². The van der Waals surface area contributed by atoms with Crippen LogP contribution in [0.15, 0.2) is 24.3 Å². The van der Waals surface area contributed by atoms with E-state index in [-0.39, 0.29) is 43.7 Å². The average Bonchev–Trinajstić information content (AvgIpc) is 3.00. The topological polar surface area (TPSA) is 218 Å². The van der Waals surface area contributed by atoms with Crippen LogP contribution in [0.4, 0.5) is 15.3 Å². The Balaban J connectivity index is 2.82. The molecule has 1 rings (SSSR count). The van der Waals surface area contributed by atoms with Gasteiger partial charge in [-0.2, -0.15) is 0 Å². The van der Waals surface area contributed by atoms with Gasteiger partial charge in [0.05, 0.1) is 0 Å². The number of carbonyl (C=O) groups is 6. The van der Waals surface area contributed by atoms with Crippen LogP contribution in [0, 0.1) is 5.92 Å². The molecule has 15 heteroatoms. The number of unbranched alkanes of at least 4 members (excludes halogenated alkanes) is 2. The first-order valence-corrected chi connectivity index (χ1v) is 15.6. The fraction of sp³-hybridized carbons (Fsp3) is 0.613. The Morgan fingerprint density at radius 2 is 1.52 bits per heavy atom. The first kappa shape index (κ1) is 39.6. The van der Waals surface area contributed by atoms with Gasteiger partial charge in [-0.3, -0.25) is 19.2 Å². The number of primary amides is 1. The number of ether oxygens (including phenoxy) is 1. The Kier molecular flexibility index (Phi) is 18.4. The third-order valence-electron chi connectivity index (χ3n) is 7.18. The molecule has 46 heavy (non-hydrogen) atoms. The molecule has 0 saturated heterocycles. The number of amides is 7. The second-order valence-corrected chi connectivity index (χ2v) is 11.5. The van der Waals surface area contributed by atoms with Crippen LogP contribution in [-0.2, 0) is 30.5 Å². The molecule has 0 aliphatic rings. The number of anilines is 1. The van der Waals surface area contributed by atoms with Crippen LogP contribution in [-0.4, -0.2) is 97.9 Å². The highest BCUT2D eigenvalue weighted by atomic mass is 16.6. The van der Waals surface area contributed by atoms with E-state index < -0.39 is 36.0 Å². The molecule has 0 aliphatic heterocycles. The van der Waals surface area contributed by atoms with Gasteiger partial charge in [0, 0.05) is 52.8 Å². The predicted molar refractivity (Wildman–Crippen MR) is 174 cm³/mol. The van der Waals surface area contributed by atoms with Gasteiger partial charge in [-0.1, -0.05) is 32.4 Å². The zero-order valence-corrected chi connectivity index (χ0v) is 27.7.